The number of carbonyl (C=O) groups excluding carboxylic acids is 1. The summed E-state index contributed by atoms with van der Waals surface area (Å²) in [5.74, 6) is -0.344. The van der Waals surface area contributed by atoms with Gasteiger partial charge in [0.25, 0.3) is 5.91 Å². The largest absolute Gasteiger partial charge is 0.376 e. The summed E-state index contributed by atoms with van der Waals surface area (Å²) in [6, 6.07) is 6.36. The average molecular weight is 373 g/mol. The Labute approximate surface area is 154 Å². The lowest BCUT2D eigenvalue weighted by Gasteiger charge is -2.28. The number of rotatable bonds is 6. The van der Waals surface area contributed by atoms with E-state index < -0.39 is 6.10 Å². The maximum atomic E-state index is 13.5. The number of nitrogens with zero attached hydrogens (tertiary/aromatic N) is 1. The fraction of sp³-hybridized carbons (Fsp3) is 0.611. The van der Waals surface area contributed by atoms with E-state index in [2.05, 4.69) is 0 Å². The van der Waals surface area contributed by atoms with Crippen LogP contribution in [0.2, 0.25) is 0 Å². The summed E-state index contributed by atoms with van der Waals surface area (Å²) >= 11 is 0. The fourth-order valence-electron chi connectivity index (χ4n) is 3.39. The van der Waals surface area contributed by atoms with E-state index in [9.17, 15) is 9.18 Å². The minimum Gasteiger partial charge on any atom is -0.376 e. The van der Waals surface area contributed by atoms with Gasteiger partial charge in [0.2, 0.25) is 0 Å². The molecule has 1 aromatic carbocycles. The molecule has 2 fully saturated rings. The lowest BCUT2D eigenvalue weighted by molar-refractivity contribution is -0.145. The van der Waals surface area contributed by atoms with Crippen LogP contribution < -0.4 is 5.73 Å². The smallest absolute Gasteiger partial charge is 0.252 e. The lowest BCUT2D eigenvalue weighted by Crippen LogP contribution is -2.43. The first-order chi connectivity index (χ1) is 11.7. The first kappa shape index (κ1) is 20.1. The average Bonchev–Trinajstić information content (AvgIpc) is 3.25. The molecule has 0 saturated carbocycles. The molecule has 1 aromatic rings. The van der Waals surface area contributed by atoms with Gasteiger partial charge in [-0.25, -0.2) is 4.39 Å². The van der Waals surface area contributed by atoms with E-state index in [1.807, 2.05) is 6.07 Å². The van der Waals surface area contributed by atoms with Crippen molar-refractivity contribution in [2.24, 2.45) is 5.73 Å². The van der Waals surface area contributed by atoms with Gasteiger partial charge in [-0.1, -0.05) is 12.1 Å². The normalized spacial score (nSPS) is 25.6. The Hall–Kier alpha value is -1.21. The molecule has 2 aliphatic rings. The zero-order chi connectivity index (χ0) is 16.9. The summed E-state index contributed by atoms with van der Waals surface area (Å²) in [7, 11) is 0. The van der Waals surface area contributed by atoms with Crippen molar-refractivity contribution in [3.8, 4) is 0 Å². The Morgan fingerprint density at radius 3 is 2.76 bits per heavy atom. The number of carbonyl (C=O) groups is 1. The molecule has 2 N–H and O–H groups in total. The highest BCUT2D eigenvalue weighted by molar-refractivity contribution is 5.85. The predicted octanol–water partition coefficient (Wildman–Crippen LogP) is 2.26. The van der Waals surface area contributed by atoms with Crippen molar-refractivity contribution in [3.05, 3.63) is 35.6 Å². The Bertz CT molecular complexity index is 569. The third-order valence-electron chi connectivity index (χ3n) is 4.67. The van der Waals surface area contributed by atoms with Crippen LogP contribution in [0.25, 0.3) is 0 Å². The number of ether oxygens (including phenoxy) is 2. The quantitative estimate of drug-likeness (QED) is 0.831. The second kappa shape index (κ2) is 9.48. The molecule has 0 spiro atoms. The second-order valence-electron chi connectivity index (χ2n) is 6.54. The zero-order valence-electron chi connectivity index (χ0n) is 14.2. The Balaban J connectivity index is 0.00000225. The molecule has 0 aliphatic carbocycles. The highest BCUT2D eigenvalue weighted by Gasteiger charge is 2.34. The maximum Gasteiger partial charge on any atom is 0.252 e. The van der Waals surface area contributed by atoms with Crippen LogP contribution in [-0.4, -0.2) is 48.8 Å². The van der Waals surface area contributed by atoms with E-state index in [-0.39, 0.29) is 36.3 Å². The van der Waals surface area contributed by atoms with Gasteiger partial charge in [0.05, 0.1) is 12.2 Å². The standard InChI is InChI=1S/C18H25FN2O3.ClH/c19-14-4-1-3-13(9-14)11-21(12-16-5-2-8-23-16)18(22)17-7-6-15(10-20)24-17;/h1,3-4,9,15-17H,2,5-8,10-12,20H2;1H/t15-,16?,17+;/m1./s1. The minimum atomic E-state index is -0.450. The van der Waals surface area contributed by atoms with Crippen LogP contribution in [-0.2, 0) is 20.8 Å². The Morgan fingerprint density at radius 1 is 1.28 bits per heavy atom. The Morgan fingerprint density at radius 2 is 2.12 bits per heavy atom. The van der Waals surface area contributed by atoms with Crippen molar-refractivity contribution in [2.45, 2.75) is 50.5 Å². The minimum absolute atomic E-state index is 0. The lowest BCUT2D eigenvalue weighted by atomic mass is 10.1. The molecule has 3 atom stereocenters. The number of amides is 1. The van der Waals surface area contributed by atoms with Gasteiger partial charge in [0.1, 0.15) is 11.9 Å². The third-order valence-corrected chi connectivity index (χ3v) is 4.67. The molecule has 1 unspecified atom stereocenters. The number of hydrogen-bond donors (Lipinski definition) is 1. The van der Waals surface area contributed by atoms with Gasteiger partial charge in [-0.05, 0) is 43.4 Å². The molecular weight excluding hydrogens is 347 g/mol. The molecule has 2 heterocycles. The van der Waals surface area contributed by atoms with E-state index in [1.165, 1.54) is 12.1 Å². The summed E-state index contributed by atoms with van der Waals surface area (Å²) in [5.41, 5.74) is 6.41. The molecule has 140 valence electrons. The van der Waals surface area contributed by atoms with Gasteiger partial charge in [-0.3, -0.25) is 4.79 Å². The van der Waals surface area contributed by atoms with Crippen molar-refractivity contribution in [1.82, 2.24) is 4.90 Å². The maximum absolute atomic E-state index is 13.5. The summed E-state index contributed by atoms with van der Waals surface area (Å²) in [4.78, 5) is 14.6. The summed E-state index contributed by atoms with van der Waals surface area (Å²) in [5, 5.41) is 0. The van der Waals surface area contributed by atoms with Crippen LogP contribution in [0.1, 0.15) is 31.2 Å². The van der Waals surface area contributed by atoms with Crippen LogP contribution >= 0.6 is 12.4 Å². The molecule has 2 saturated heterocycles. The van der Waals surface area contributed by atoms with Gasteiger partial charge in [0, 0.05) is 26.2 Å². The van der Waals surface area contributed by atoms with Crippen LogP contribution in [0.4, 0.5) is 4.39 Å². The summed E-state index contributed by atoms with van der Waals surface area (Å²) in [6.07, 6.45) is 3.01. The summed E-state index contributed by atoms with van der Waals surface area (Å²) < 4.78 is 24.9. The van der Waals surface area contributed by atoms with Crippen molar-refractivity contribution >= 4 is 18.3 Å². The summed E-state index contributed by atoms with van der Waals surface area (Å²) in [6.45, 7) is 2.05. The second-order valence-corrected chi connectivity index (χ2v) is 6.54. The van der Waals surface area contributed by atoms with Crippen molar-refractivity contribution < 1.29 is 18.7 Å². The molecule has 1 amide bonds. The van der Waals surface area contributed by atoms with Crippen LogP contribution in [0.3, 0.4) is 0 Å². The van der Waals surface area contributed by atoms with E-state index >= 15 is 0 Å². The van der Waals surface area contributed by atoms with Crippen LogP contribution in [0, 0.1) is 5.82 Å². The third kappa shape index (κ3) is 5.38. The van der Waals surface area contributed by atoms with Gasteiger partial charge < -0.3 is 20.1 Å². The molecule has 0 bridgehead atoms. The number of hydrogen-bond acceptors (Lipinski definition) is 4. The monoisotopic (exact) mass is 372 g/mol. The number of nitrogens with two attached hydrogens (primary N) is 1. The van der Waals surface area contributed by atoms with Gasteiger partial charge in [0.15, 0.2) is 0 Å². The molecule has 0 aromatic heterocycles. The molecule has 2 aliphatic heterocycles. The first-order valence-corrected chi connectivity index (χ1v) is 8.66. The van der Waals surface area contributed by atoms with E-state index in [4.69, 9.17) is 15.2 Å². The van der Waals surface area contributed by atoms with Gasteiger partial charge in [-0.2, -0.15) is 0 Å². The fourth-order valence-corrected chi connectivity index (χ4v) is 3.39. The van der Waals surface area contributed by atoms with E-state index in [0.717, 1.165) is 31.4 Å². The molecule has 3 rings (SSSR count). The zero-order valence-corrected chi connectivity index (χ0v) is 15.1. The number of benzene rings is 1. The SMILES string of the molecule is Cl.NC[C@H]1CC[C@@H](C(=O)N(Cc2cccc(F)c2)CC2CCCO2)O1. The van der Waals surface area contributed by atoms with Crippen LogP contribution in [0.15, 0.2) is 24.3 Å². The van der Waals surface area contributed by atoms with Crippen molar-refractivity contribution in [2.75, 3.05) is 19.7 Å². The molecule has 25 heavy (non-hydrogen) atoms. The molecule has 0 radical (unpaired) electrons. The molecular formula is C18H26ClFN2O3. The van der Waals surface area contributed by atoms with Crippen molar-refractivity contribution in [3.63, 3.8) is 0 Å². The van der Waals surface area contributed by atoms with Crippen LogP contribution in [0.5, 0.6) is 0 Å². The highest BCUT2D eigenvalue weighted by atomic mass is 35.5. The highest BCUT2D eigenvalue weighted by Crippen LogP contribution is 2.23. The molecule has 5 nitrogen and oxygen atoms in total. The van der Waals surface area contributed by atoms with Crippen molar-refractivity contribution in [1.29, 1.82) is 0 Å². The van der Waals surface area contributed by atoms with Gasteiger partial charge in [-0.15, -0.1) is 12.4 Å². The van der Waals surface area contributed by atoms with E-state index in [0.29, 0.717) is 26.1 Å². The Kier molecular flexibility index (Phi) is 7.62. The number of halogens is 2. The van der Waals surface area contributed by atoms with E-state index in [1.54, 1.807) is 11.0 Å². The molecule has 7 heteroatoms. The first-order valence-electron chi connectivity index (χ1n) is 8.66. The van der Waals surface area contributed by atoms with Gasteiger partial charge >= 0.3 is 0 Å². The predicted molar refractivity (Wildman–Crippen MR) is 95.0 cm³/mol. The topological polar surface area (TPSA) is 64.8 Å².